The van der Waals surface area contributed by atoms with Gasteiger partial charge in [-0.15, -0.1) is 0 Å². The maximum Gasteiger partial charge on any atom is 0.226 e. The summed E-state index contributed by atoms with van der Waals surface area (Å²) in [5.41, 5.74) is 8.03. The van der Waals surface area contributed by atoms with Crippen molar-refractivity contribution < 1.29 is 9.59 Å². The van der Waals surface area contributed by atoms with Gasteiger partial charge in [-0.05, 0) is 38.1 Å². The zero-order valence-electron chi connectivity index (χ0n) is 17.1. The Morgan fingerprint density at radius 2 is 1.69 bits per heavy atom. The molecule has 29 heavy (non-hydrogen) atoms. The largest absolute Gasteiger partial charge is 0.402 e. The molecule has 2 rings (SSSR count). The van der Waals surface area contributed by atoms with E-state index in [1.807, 2.05) is 17.0 Å². The van der Waals surface area contributed by atoms with E-state index < -0.39 is 5.92 Å². The van der Waals surface area contributed by atoms with Crippen LogP contribution in [-0.4, -0.2) is 55.5 Å². The number of benzene rings is 1. The highest BCUT2D eigenvalue weighted by atomic mass is 35.5. The van der Waals surface area contributed by atoms with E-state index in [4.69, 9.17) is 28.9 Å². The molecule has 1 unspecified atom stereocenters. The van der Waals surface area contributed by atoms with Crippen LogP contribution in [0.2, 0.25) is 10.0 Å². The van der Waals surface area contributed by atoms with Crippen LogP contribution in [-0.2, 0) is 9.59 Å². The van der Waals surface area contributed by atoms with Gasteiger partial charge in [0, 0.05) is 73.2 Å². The number of nitrogens with two attached hydrogens (primary N) is 1. The lowest BCUT2D eigenvalue weighted by Gasteiger charge is -2.37. The summed E-state index contributed by atoms with van der Waals surface area (Å²) in [5, 5.41) is 1.17. The molecule has 1 heterocycles. The van der Waals surface area contributed by atoms with Crippen molar-refractivity contribution >= 4 is 46.3 Å². The molecule has 0 bridgehead atoms. The summed E-state index contributed by atoms with van der Waals surface area (Å²) < 4.78 is 0. The zero-order chi connectivity index (χ0) is 21.6. The number of rotatable bonds is 7. The van der Waals surface area contributed by atoms with Gasteiger partial charge in [-0.3, -0.25) is 9.79 Å². The van der Waals surface area contributed by atoms with Crippen molar-refractivity contribution in [1.29, 1.82) is 0 Å². The van der Waals surface area contributed by atoms with Crippen LogP contribution in [0, 0.1) is 5.92 Å². The van der Waals surface area contributed by atoms with Crippen molar-refractivity contribution in [2.45, 2.75) is 26.7 Å². The van der Waals surface area contributed by atoms with Gasteiger partial charge in [-0.25, -0.2) is 0 Å². The van der Waals surface area contributed by atoms with E-state index >= 15 is 0 Å². The summed E-state index contributed by atoms with van der Waals surface area (Å²) in [5.74, 6) is -0.471. The second-order valence-electron chi connectivity index (χ2n) is 7.35. The first-order valence-electron chi connectivity index (χ1n) is 9.58. The Bertz CT molecular complexity index is 791. The number of Topliss-reactive ketones (excluding diaryl/α,β-unsaturated/α-hetero) is 1. The van der Waals surface area contributed by atoms with Gasteiger partial charge in [0.05, 0.1) is 5.92 Å². The Morgan fingerprint density at radius 1 is 1.10 bits per heavy atom. The molecule has 1 atom stereocenters. The van der Waals surface area contributed by atoms with Crippen LogP contribution in [0.3, 0.4) is 0 Å². The molecular formula is C21H28Cl2N4O2. The summed E-state index contributed by atoms with van der Waals surface area (Å²) in [6.07, 6.45) is 2.34. The molecule has 2 N–H and O–H groups in total. The first-order valence-corrected chi connectivity index (χ1v) is 10.3. The highest BCUT2D eigenvalue weighted by Gasteiger charge is 2.29. The summed E-state index contributed by atoms with van der Waals surface area (Å²) in [4.78, 5) is 33.1. The number of ketones is 1. The molecule has 0 aliphatic carbocycles. The van der Waals surface area contributed by atoms with Gasteiger partial charge in [-0.1, -0.05) is 23.2 Å². The molecule has 1 aliphatic rings. The number of carbonyl (C=O) groups excluding carboxylic acids is 2. The lowest BCUT2D eigenvalue weighted by Crippen LogP contribution is -2.50. The summed E-state index contributed by atoms with van der Waals surface area (Å²) in [6, 6.07) is 5.44. The fourth-order valence-electron chi connectivity index (χ4n) is 3.49. The van der Waals surface area contributed by atoms with Crippen molar-refractivity contribution in [1.82, 2.24) is 4.90 Å². The molecule has 0 spiro atoms. The molecule has 1 fully saturated rings. The van der Waals surface area contributed by atoms with Gasteiger partial charge >= 0.3 is 0 Å². The number of halogens is 2. The third-order valence-electron chi connectivity index (χ3n) is 4.82. The minimum atomic E-state index is -0.436. The van der Waals surface area contributed by atoms with Gasteiger partial charge in [0.2, 0.25) is 5.91 Å². The lowest BCUT2D eigenvalue weighted by atomic mass is 9.94. The maximum absolute atomic E-state index is 13.1. The molecule has 1 aromatic rings. The van der Waals surface area contributed by atoms with Crippen LogP contribution >= 0.6 is 23.2 Å². The average molecular weight is 439 g/mol. The third-order valence-corrected chi connectivity index (χ3v) is 5.26. The van der Waals surface area contributed by atoms with Crippen molar-refractivity contribution in [3.05, 3.63) is 40.0 Å². The first kappa shape index (κ1) is 23.2. The van der Waals surface area contributed by atoms with Crippen LogP contribution in [0.1, 0.15) is 26.7 Å². The Labute approximate surface area is 182 Å². The van der Waals surface area contributed by atoms with Crippen molar-refractivity contribution in [3.63, 3.8) is 0 Å². The van der Waals surface area contributed by atoms with Crippen LogP contribution in [0.15, 0.2) is 35.0 Å². The number of hydrogen-bond acceptors (Lipinski definition) is 5. The van der Waals surface area contributed by atoms with E-state index in [-0.39, 0.29) is 18.1 Å². The summed E-state index contributed by atoms with van der Waals surface area (Å²) in [6.45, 7) is 5.77. The Balaban J connectivity index is 2.06. The van der Waals surface area contributed by atoms with E-state index in [0.29, 0.717) is 48.3 Å². The second-order valence-corrected chi connectivity index (χ2v) is 8.22. The number of nitrogens with zero attached hydrogens (tertiary/aromatic N) is 3. The molecule has 6 nitrogen and oxygen atoms in total. The Kier molecular flexibility index (Phi) is 8.53. The van der Waals surface area contributed by atoms with Gasteiger partial charge < -0.3 is 20.3 Å². The van der Waals surface area contributed by atoms with Gasteiger partial charge in [-0.2, -0.15) is 0 Å². The van der Waals surface area contributed by atoms with Crippen LogP contribution in [0.5, 0.6) is 0 Å². The van der Waals surface area contributed by atoms with Crippen LogP contribution < -0.4 is 10.6 Å². The van der Waals surface area contributed by atoms with Gasteiger partial charge in [0.15, 0.2) is 0 Å². The Morgan fingerprint density at radius 3 is 2.17 bits per heavy atom. The highest BCUT2D eigenvalue weighted by molar-refractivity contribution is 6.35. The number of allylic oxidation sites excluding steroid dienone is 2. The molecule has 0 radical (unpaired) electrons. The standard InChI is InChI=1S/C21H28Cl2N4O2/c1-14(24)8-19(25-3)10-16(9-15(2)28)21(29)27-6-4-26(5-7-27)20-12-17(22)11-18(23)13-20/h8,11-13,16H,4-7,9-10,24H2,1-3H3. The molecule has 1 saturated heterocycles. The van der Waals surface area contributed by atoms with Crippen molar-refractivity contribution in [2.24, 2.45) is 16.6 Å². The third kappa shape index (κ3) is 7.05. The number of aliphatic imine (C=N–C) groups is 1. The van der Waals surface area contributed by atoms with Gasteiger partial charge in [0.1, 0.15) is 5.78 Å². The van der Waals surface area contributed by atoms with Crippen molar-refractivity contribution in [3.8, 4) is 0 Å². The van der Waals surface area contributed by atoms with Crippen LogP contribution in [0.25, 0.3) is 0 Å². The quantitative estimate of drug-likeness (QED) is 0.659. The number of hydrogen-bond donors (Lipinski definition) is 1. The number of piperazine rings is 1. The molecule has 1 aromatic carbocycles. The minimum absolute atomic E-state index is 0.0144. The maximum atomic E-state index is 13.1. The van der Waals surface area contributed by atoms with E-state index in [9.17, 15) is 9.59 Å². The van der Waals surface area contributed by atoms with Crippen LogP contribution in [0.4, 0.5) is 5.69 Å². The van der Waals surface area contributed by atoms with Crippen molar-refractivity contribution in [2.75, 3.05) is 38.1 Å². The molecule has 0 aromatic heterocycles. The SMILES string of the molecule is CN=C(C=C(C)N)CC(CC(C)=O)C(=O)N1CCN(c2cc(Cl)cc(Cl)c2)CC1. The smallest absolute Gasteiger partial charge is 0.226 e. The highest BCUT2D eigenvalue weighted by Crippen LogP contribution is 2.27. The van der Waals surface area contributed by atoms with Gasteiger partial charge in [0.25, 0.3) is 0 Å². The molecular weight excluding hydrogens is 411 g/mol. The summed E-state index contributed by atoms with van der Waals surface area (Å²) >= 11 is 12.2. The monoisotopic (exact) mass is 438 g/mol. The average Bonchev–Trinajstić information content (AvgIpc) is 2.65. The van der Waals surface area contributed by atoms with E-state index in [1.54, 1.807) is 26.1 Å². The fourth-order valence-corrected chi connectivity index (χ4v) is 4.00. The lowest BCUT2D eigenvalue weighted by molar-refractivity contribution is -0.137. The molecule has 0 saturated carbocycles. The molecule has 1 amide bonds. The Hall–Kier alpha value is -2.05. The van der Waals surface area contributed by atoms with E-state index in [0.717, 1.165) is 11.4 Å². The van der Waals surface area contributed by atoms with E-state index in [1.165, 1.54) is 6.92 Å². The number of amides is 1. The molecule has 8 heteroatoms. The predicted octanol–water partition coefficient (Wildman–Crippen LogP) is 3.56. The number of carbonyl (C=O) groups is 2. The zero-order valence-corrected chi connectivity index (χ0v) is 18.6. The minimum Gasteiger partial charge on any atom is -0.402 e. The summed E-state index contributed by atoms with van der Waals surface area (Å²) in [7, 11) is 1.67. The normalized spacial score (nSPS) is 16.7. The predicted molar refractivity (Wildman–Crippen MR) is 120 cm³/mol. The fraction of sp³-hybridized carbons (Fsp3) is 0.476. The molecule has 158 valence electrons. The number of anilines is 1. The van der Waals surface area contributed by atoms with E-state index in [2.05, 4.69) is 9.89 Å². The molecule has 1 aliphatic heterocycles. The topological polar surface area (TPSA) is 79.0 Å². The first-order chi connectivity index (χ1) is 13.7. The second kappa shape index (κ2) is 10.6.